The topological polar surface area (TPSA) is 113 Å². The minimum Gasteiger partial charge on any atom is -0.480 e. The van der Waals surface area contributed by atoms with Gasteiger partial charge in [0.1, 0.15) is 0 Å². The largest absolute Gasteiger partial charge is 0.480 e. The number of nitro benzene ring substituents is 1. The van der Waals surface area contributed by atoms with Gasteiger partial charge >= 0.3 is 5.97 Å². The lowest BCUT2D eigenvalue weighted by molar-refractivity contribution is -0.385. The number of nitro groups is 1. The first-order valence-corrected chi connectivity index (χ1v) is 8.85. The SMILES string of the molecule is CC(=O)c1cc(NC2CC(N(CC(=O)O)CC3CC3)C2)ccc1[N+](=O)[O-]. The molecule has 8 heteroatoms. The Morgan fingerprint density at radius 2 is 2.04 bits per heavy atom. The molecular formula is C18H23N3O5. The van der Waals surface area contributed by atoms with Crippen molar-refractivity contribution in [2.75, 3.05) is 18.4 Å². The molecule has 0 radical (unpaired) electrons. The van der Waals surface area contributed by atoms with Crippen molar-refractivity contribution in [1.29, 1.82) is 0 Å². The van der Waals surface area contributed by atoms with E-state index in [0.29, 0.717) is 11.6 Å². The van der Waals surface area contributed by atoms with Crippen LogP contribution in [0.25, 0.3) is 0 Å². The van der Waals surface area contributed by atoms with Crippen LogP contribution in [0.15, 0.2) is 18.2 Å². The number of hydrogen-bond donors (Lipinski definition) is 2. The maximum absolute atomic E-state index is 11.7. The zero-order valence-corrected chi connectivity index (χ0v) is 14.7. The van der Waals surface area contributed by atoms with Crippen LogP contribution in [0.5, 0.6) is 0 Å². The Bertz CT molecular complexity index is 726. The van der Waals surface area contributed by atoms with Crippen LogP contribution < -0.4 is 5.32 Å². The highest BCUT2D eigenvalue weighted by molar-refractivity contribution is 5.99. The molecule has 2 saturated carbocycles. The summed E-state index contributed by atoms with van der Waals surface area (Å²) in [6, 6.07) is 4.90. The van der Waals surface area contributed by atoms with E-state index in [1.165, 1.54) is 31.9 Å². The monoisotopic (exact) mass is 361 g/mol. The van der Waals surface area contributed by atoms with Crippen molar-refractivity contribution in [3.63, 3.8) is 0 Å². The van der Waals surface area contributed by atoms with Crippen molar-refractivity contribution in [2.24, 2.45) is 5.92 Å². The van der Waals surface area contributed by atoms with Gasteiger partial charge in [-0.1, -0.05) is 0 Å². The number of benzene rings is 1. The van der Waals surface area contributed by atoms with Crippen molar-refractivity contribution >= 4 is 23.1 Å². The summed E-state index contributed by atoms with van der Waals surface area (Å²) in [5.41, 5.74) is 0.583. The molecule has 2 aliphatic carbocycles. The molecule has 0 bridgehead atoms. The highest BCUT2D eigenvalue weighted by Crippen LogP contribution is 2.35. The van der Waals surface area contributed by atoms with Gasteiger partial charge < -0.3 is 10.4 Å². The van der Waals surface area contributed by atoms with Crippen molar-refractivity contribution in [2.45, 2.75) is 44.7 Å². The zero-order chi connectivity index (χ0) is 18.8. The van der Waals surface area contributed by atoms with Crippen molar-refractivity contribution in [1.82, 2.24) is 4.90 Å². The maximum Gasteiger partial charge on any atom is 0.317 e. The third-order valence-corrected chi connectivity index (χ3v) is 5.10. The van der Waals surface area contributed by atoms with Gasteiger partial charge in [0.25, 0.3) is 5.69 Å². The third-order valence-electron chi connectivity index (χ3n) is 5.10. The molecule has 3 rings (SSSR count). The van der Waals surface area contributed by atoms with Crippen LogP contribution >= 0.6 is 0 Å². The maximum atomic E-state index is 11.7. The van der Waals surface area contributed by atoms with Gasteiger partial charge in [0.05, 0.1) is 17.0 Å². The Hall–Kier alpha value is -2.48. The Labute approximate surface area is 151 Å². The lowest BCUT2D eigenvalue weighted by Gasteiger charge is -2.43. The Balaban J connectivity index is 1.59. The van der Waals surface area contributed by atoms with Crippen molar-refractivity contribution in [3.8, 4) is 0 Å². The average molecular weight is 361 g/mol. The fourth-order valence-electron chi connectivity index (χ4n) is 3.46. The molecule has 0 aliphatic heterocycles. The van der Waals surface area contributed by atoms with E-state index in [9.17, 15) is 19.7 Å². The molecule has 2 aliphatic rings. The lowest BCUT2D eigenvalue weighted by Crippen LogP contribution is -2.52. The van der Waals surface area contributed by atoms with E-state index in [4.69, 9.17) is 5.11 Å². The van der Waals surface area contributed by atoms with E-state index in [-0.39, 0.29) is 35.7 Å². The number of rotatable bonds is 9. The number of ketones is 1. The van der Waals surface area contributed by atoms with E-state index < -0.39 is 10.9 Å². The fraction of sp³-hybridized carbons (Fsp3) is 0.556. The van der Waals surface area contributed by atoms with Crippen molar-refractivity contribution in [3.05, 3.63) is 33.9 Å². The predicted octanol–water partition coefficient (Wildman–Crippen LogP) is 2.54. The zero-order valence-electron chi connectivity index (χ0n) is 14.7. The fourth-order valence-corrected chi connectivity index (χ4v) is 3.46. The molecule has 1 aromatic rings. The number of carbonyl (C=O) groups is 2. The molecule has 0 saturated heterocycles. The first-order valence-electron chi connectivity index (χ1n) is 8.85. The number of carbonyl (C=O) groups excluding carboxylic acids is 1. The molecule has 0 aromatic heterocycles. The minimum atomic E-state index is -0.802. The first-order chi connectivity index (χ1) is 12.3. The van der Waals surface area contributed by atoms with E-state index in [1.54, 1.807) is 6.07 Å². The van der Waals surface area contributed by atoms with Gasteiger partial charge in [-0.3, -0.25) is 24.6 Å². The molecule has 0 spiro atoms. The summed E-state index contributed by atoms with van der Waals surface area (Å²) in [5.74, 6) is -0.512. The molecule has 0 atom stereocenters. The molecule has 0 heterocycles. The molecule has 26 heavy (non-hydrogen) atoms. The second-order valence-corrected chi connectivity index (χ2v) is 7.28. The van der Waals surface area contributed by atoms with E-state index >= 15 is 0 Å². The van der Waals surface area contributed by atoms with Crippen LogP contribution in [0.2, 0.25) is 0 Å². The quantitative estimate of drug-likeness (QED) is 0.395. The van der Waals surface area contributed by atoms with Crippen molar-refractivity contribution < 1.29 is 19.6 Å². The molecule has 2 N–H and O–H groups in total. The molecule has 1 aromatic carbocycles. The van der Waals surface area contributed by atoms with E-state index in [1.807, 2.05) is 0 Å². The number of nitrogens with zero attached hydrogens (tertiary/aromatic N) is 2. The highest BCUT2D eigenvalue weighted by Gasteiger charge is 2.37. The Morgan fingerprint density at radius 3 is 2.58 bits per heavy atom. The molecular weight excluding hydrogens is 338 g/mol. The van der Waals surface area contributed by atoms with Crippen LogP contribution in [0, 0.1) is 16.0 Å². The van der Waals surface area contributed by atoms with Crippen LogP contribution in [0.1, 0.15) is 43.0 Å². The molecule has 0 unspecified atom stereocenters. The Kier molecular flexibility index (Phi) is 5.22. The number of carboxylic acid groups (broad SMARTS) is 1. The normalized spacial score (nSPS) is 21.9. The average Bonchev–Trinajstić information content (AvgIpc) is 3.33. The summed E-state index contributed by atoms with van der Waals surface area (Å²) in [5, 5.41) is 23.4. The number of Topliss-reactive ketones (excluding diaryl/α,β-unsaturated/α-hetero) is 1. The molecule has 8 nitrogen and oxygen atoms in total. The first kappa shape index (κ1) is 18.3. The van der Waals surface area contributed by atoms with Gasteiger partial charge in [0, 0.05) is 30.4 Å². The predicted molar refractivity (Wildman–Crippen MR) is 95.5 cm³/mol. The summed E-state index contributed by atoms with van der Waals surface area (Å²) >= 11 is 0. The molecule has 0 amide bonds. The minimum absolute atomic E-state index is 0.0693. The van der Waals surface area contributed by atoms with Gasteiger partial charge in [-0.15, -0.1) is 0 Å². The smallest absolute Gasteiger partial charge is 0.317 e. The van der Waals surface area contributed by atoms with Gasteiger partial charge in [-0.25, -0.2) is 0 Å². The van der Waals surface area contributed by atoms with Crippen LogP contribution in [0.4, 0.5) is 11.4 Å². The van der Waals surface area contributed by atoms with Gasteiger partial charge in [0.2, 0.25) is 0 Å². The van der Waals surface area contributed by atoms with E-state index in [2.05, 4.69) is 10.2 Å². The lowest BCUT2D eigenvalue weighted by atomic mass is 9.85. The van der Waals surface area contributed by atoms with Crippen LogP contribution in [-0.4, -0.2) is 51.9 Å². The van der Waals surface area contributed by atoms with Gasteiger partial charge in [0.15, 0.2) is 5.78 Å². The second kappa shape index (κ2) is 7.41. The number of anilines is 1. The Morgan fingerprint density at radius 1 is 1.35 bits per heavy atom. The highest BCUT2D eigenvalue weighted by atomic mass is 16.6. The molecule has 140 valence electrons. The van der Waals surface area contributed by atoms with E-state index in [0.717, 1.165) is 19.4 Å². The number of hydrogen-bond acceptors (Lipinski definition) is 6. The van der Waals surface area contributed by atoms with Gasteiger partial charge in [-0.05, 0) is 50.7 Å². The number of aliphatic carboxylic acids is 1. The number of nitrogens with one attached hydrogen (secondary N) is 1. The second-order valence-electron chi connectivity index (χ2n) is 7.28. The summed E-state index contributed by atoms with van der Waals surface area (Å²) in [6.45, 7) is 2.22. The number of carboxylic acids is 1. The summed E-state index contributed by atoms with van der Waals surface area (Å²) < 4.78 is 0. The summed E-state index contributed by atoms with van der Waals surface area (Å²) in [7, 11) is 0. The standard InChI is InChI=1S/C18H23N3O5/c1-11(22)16-8-13(4-5-17(16)21(25)26)19-14-6-15(7-14)20(10-18(23)24)9-12-2-3-12/h4-5,8,12,14-15,19H,2-3,6-7,9-10H2,1H3,(H,23,24). The third kappa shape index (κ3) is 4.37. The molecule has 2 fully saturated rings. The summed E-state index contributed by atoms with van der Waals surface area (Å²) in [6.07, 6.45) is 4.01. The summed E-state index contributed by atoms with van der Waals surface area (Å²) in [4.78, 5) is 35.2. The van der Waals surface area contributed by atoms with Crippen LogP contribution in [-0.2, 0) is 4.79 Å². The van der Waals surface area contributed by atoms with Crippen LogP contribution in [0.3, 0.4) is 0 Å². The van der Waals surface area contributed by atoms with Gasteiger partial charge in [-0.2, -0.15) is 0 Å².